The predicted octanol–water partition coefficient (Wildman–Crippen LogP) is 0.849. The number of amides is 1. The number of rotatable bonds is 6. The highest BCUT2D eigenvalue weighted by Gasteiger charge is 2.26. The Balaban J connectivity index is 1.94. The first kappa shape index (κ1) is 15.1. The summed E-state index contributed by atoms with van der Waals surface area (Å²) in [4.78, 5) is 15.9. The Bertz CT molecular complexity index is 589. The number of furan rings is 1. The van der Waals surface area contributed by atoms with E-state index in [0.29, 0.717) is 12.6 Å². The molecule has 112 valence electrons. The maximum atomic E-state index is 12.1. The second-order valence-electron chi connectivity index (χ2n) is 5.33. The average Bonchev–Trinajstić information content (AvgIpc) is 3.10. The molecule has 6 nitrogen and oxygen atoms in total. The van der Waals surface area contributed by atoms with Gasteiger partial charge in [-0.25, -0.2) is 8.42 Å². The lowest BCUT2D eigenvalue weighted by Crippen LogP contribution is -2.35. The third kappa shape index (κ3) is 3.61. The van der Waals surface area contributed by atoms with Crippen molar-refractivity contribution in [2.45, 2.75) is 24.0 Å². The Morgan fingerprint density at radius 3 is 2.45 bits per heavy atom. The van der Waals surface area contributed by atoms with Gasteiger partial charge in [-0.3, -0.25) is 4.79 Å². The third-order valence-corrected chi connectivity index (χ3v) is 4.41. The number of sulfone groups is 1. The van der Waals surface area contributed by atoms with Crippen molar-refractivity contribution in [3.63, 3.8) is 0 Å². The quantitative estimate of drug-likeness (QED) is 0.779. The minimum atomic E-state index is -3.42. The van der Waals surface area contributed by atoms with Crippen molar-refractivity contribution in [1.29, 1.82) is 0 Å². The van der Waals surface area contributed by atoms with E-state index in [2.05, 4.69) is 4.90 Å². The summed E-state index contributed by atoms with van der Waals surface area (Å²) in [5, 5.41) is -0.177. The summed E-state index contributed by atoms with van der Waals surface area (Å²) in [5.41, 5.74) is 0. The fourth-order valence-electron chi connectivity index (χ4n) is 1.93. The van der Waals surface area contributed by atoms with E-state index >= 15 is 0 Å². The van der Waals surface area contributed by atoms with Crippen molar-refractivity contribution in [2.24, 2.45) is 0 Å². The van der Waals surface area contributed by atoms with Crippen molar-refractivity contribution >= 4 is 15.7 Å². The van der Waals surface area contributed by atoms with Crippen molar-refractivity contribution in [2.75, 3.05) is 33.4 Å². The Kier molecular flexibility index (Phi) is 4.19. The van der Waals surface area contributed by atoms with E-state index in [-0.39, 0.29) is 16.8 Å². The highest BCUT2D eigenvalue weighted by molar-refractivity contribution is 7.90. The lowest BCUT2D eigenvalue weighted by atomic mass is 10.4. The molecule has 1 aliphatic rings. The largest absolute Gasteiger partial charge is 0.440 e. The van der Waals surface area contributed by atoms with E-state index in [1.165, 1.54) is 25.0 Å². The highest BCUT2D eigenvalue weighted by Crippen LogP contribution is 2.24. The maximum Gasteiger partial charge on any atom is 0.289 e. The van der Waals surface area contributed by atoms with Crippen LogP contribution in [0.4, 0.5) is 0 Å². The van der Waals surface area contributed by atoms with Crippen molar-refractivity contribution in [3.05, 3.63) is 17.9 Å². The molecular weight excluding hydrogens is 280 g/mol. The van der Waals surface area contributed by atoms with Gasteiger partial charge in [0, 0.05) is 32.4 Å². The molecule has 1 amide bonds. The summed E-state index contributed by atoms with van der Waals surface area (Å²) in [6.07, 6.45) is 3.50. The molecule has 0 aromatic carbocycles. The van der Waals surface area contributed by atoms with Crippen molar-refractivity contribution in [3.8, 4) is 0 Å². The molecule has 0 N–H and O–H groups in total. The van der Waals surface area contributed by atoms with Gasteiger partial charge in [0.25, 0.3) is 5.91 Å². The van der Waals surface area contributed by atoms with E-state index in [9.17, 15) is 13.2 Å². The Hall–Kier alpha value is -1.34. The Labute approximate surface area is 119 Å². The highest BCUT2D eigenvalue weighted by atomic mass is 32.2. The second kappa shape index (κ2) is 5.57. The molecule has 1 fully saturated rings. The van der Waals surface area contributed by atoms with Crippen LogP contribution in [0.25, 0.3) is 0 Å². The molecular formula is C13H20N2O4S. The molecule has 1 aromatic rings. The SMILES string of the molecule is CN(CCN(C)C1CC1)C(=O)c1ccc(S(C)(=O)=O)o1. The molecule has 0 unspecified atom stereocenters. The first-order chi connectivity index (χ1) is 9.29. The number of carbonyl (C=O) groups excluding carboxylic acids is 1. The van der Waals surface area contributed by atoms with Crippen LogP contribution in [-0.4, -0.2) is 63.6 Å². The molecule has 1 aliphatic carbocycles. The number of likely N-dealkylation sites (N-methyl/N-ethyl adjacent to an activating group) is 2. The third-order valence-electron chi connectivity index (χ3n) is 3.46. The lowest BCUT2D eigenvalue weighted by molar-refractivity contribution is 0.0744. The van der Waals surface area contributed by atoms with Crippen LogP contribution in [0, 0.1) is 0 Å². The van der Waals surface area contributed by atoms with E-state index in [0.717, 1.165) is 12.8 Å². The van der Waals surface area contributed by atoms with Gasteiger partial charge in [-0.2, -0.15) is 0 Å². The molecule has 0 saturated heterocycles. The lowest BCUT2D eigenvalue weighted by Gasteiger charge is -2.21. The maximum absolute atomic E-state index is 12.1. The number of nitrogens with zero attached hydrogens (tertiary/aromatic N) is 2. The smallest absolute Gasteiger partial charge is 0.289 e. The van der Waals surface area contributed by atoms with Crippen LogP contribution in [0.5, 0.6) is 0 Å². The molecule has 7 heteroatoms. The molecule has 2 rings (SSSR count). The normalized spacial score (nSPS) is 15.6. The van der Waals surface area contributed by atoms with Crippen LogP contribution in [0.2, 0.25) is 0 Å². The molecule has 0 aliphatic heterocycles. The van der Waals surface area contributed by atoms with Crippen LogP contribution < -0.4 is 0 Å². The second-order valence-corrected chi connectivity index (χ2v) is 7.28. The van der Waals surface area contributed by atoms with E-state index in [1.807, 2.05) is 7.05 Å². The first-order valence-electron chi connectivity index (χ1n) is 6.54. The van der Waals surface area contributed by atoms with Gasteiger partial charge in [0.2, 0.25) is 14.9 Å². The monoisotopic (exact) mass is 300 g/mol. The van der Waals surface area contributed by atoms with Crippen LogP contribution >= 0.6 is 0 Å². The summed E-state index contributed by atoms with van der Waals surface area (Å²) in [5.74, 6) is -0.244. The van der Waals surface area contributed by atoms with Crippen molar-refractivity contribution < 1.29 is 17.6 Å². The zero-order valence-corrected chi connectivity index (χ0v) is 12.8. The van der Waals surface area contributed by atoms with Gasteiger partial charge in [0.05, 0.1) is 0 Å². The average molecular weight is 300 g/mol. The van der Waals surface area contributed by atoms with Gasteiger partial charge in [-0.05, 0) is 32.0 Å². The van der Waals surface area contributed by atoms with E-state index in [1.54, 1.807) is 11.9 Å². The Morgan fingerprint density at radius 2 is 1.95 bits per heavy atom. The molecule has 0 spiro atoms. The zero-order valence-electron chi connectivity index (χ0n) is 12.0. The molecule has 20 heavy (non-hydrogen) atoms. The fraction of sp³-hybridized carbons (Fsp3) is 0.615. The van der Waals surface area contributed by atoms with Crippen LogP contribution in [0.15, 0.2) is 21.6 Å². The van der Waals surface area contributed by atoms with Gasteiger partial charge < -0.3 is 14.2 Å². The van der Waals surface area contributed by atoms with Gasteiger partial charge >= 0.3 is 0 Å². The van der Waals surface area contributed by atoms with Crippen LogP contribution in [-0.2, 0) is 9.84 Å². The standard InChI is InChI=1S/C13H20N2O4S/c1-14(10-4-5-10)8-9-15(2)13(16)11-6-7-12(19-11)20(3,17)18/h6-7,10H,4-5,8-9H2,1-3H3. The molecule has 1 aromatic heterocycles. The van der Waals surface area contributed by atoms with Gasteiger partial charge in [0.15, 0.2) is 5.76 Å². The summed E-state index contributed by atoms with van der Waals surface area (Å²) < 4.78 is 27.7. The first-order valence-corrected chi connectivity index (χ1v) is 8.44. The van der Waals surface area contributed by atoms with Crippen LogP contribution in [0.3, 0.4) is 0 Å². The molecule has 1 saturated carbocycles. The summed E-state index contributed by atoms with van der Waals surface area (Å²) in [7, 11) is 0.317. The van der Waals surface area contributed by atoms with Crippen molar-refractivity contribution in [1.82, 2.24) is 9.80 Å². The topological polar surface area (TPSA) is 70.8 Å². The van der Waals surface area contributed by atoms with Gasteiger partial charge in [-0.1, -0.05) is 0 Å². The number of carbonyl (C=O) groups is 1. The molecule has 0 atom stereocenters. The minimum Gasteiger partial charge on any atom is -0.440 e. The van der Waals surface area contributed by atoms with Crippen LogP contribution in [0.1, 0.15) is 23.4 Å². The molecule has 1 heterocycles. The minimum absolute atomic E-state index is 0.0574. The molecule has 0 radical (unpaired) electrons. The number of hydrogen-bond donors (Lipinski definition) is 0. The van der Waals surface area contributed by atoms with Gasteiger partial charge in [-0.15, -0.1) is 0 Å². The number of hydrogen-bond acceptors (Lipinski definition) is 5. The predicted molar refractivity (Wildman–Crippen MR) is 74.4 cm³/mol. The fourth-order valence-corrected chi connectivity index (χ4v) is 2.49. The summed E-state index contributed by atoms with van der Waals surface area (Å²) in [6.45, 7) is 1.38. The summed E-state index contributed by atoms with van der Waals surface area (Å²) in [6, 6.07) is 3.37. The summed E-state index contributed by atoms with van der Waals surface area (Å²) >= 11 is 0. The van der Waals surface area contributed by atoms with Gasteiger partial charge in [0.1, 0.15) is 0 Å². The Morgan fingerprint density at radius 1 is 1.30 bits per heavy atom. The zero-order chi connectivity index (χ0) is 14.9. The van der Waals surface area contributed by atoms with E-state index < -0.39 is 9.84 Å². The van der Waals surface area contributed by atoms with E-state index in [4.69, 9.17) is 4.42 Å². The molecule has 0 bridgehead atoms.